The number of aromatic nitrogens is 3. The van der Waals surface area contributed by atoms with E-state index < -0.39 is 12.7 Å². The molecule has 1 aliphatic heterocycles. The van der Waals surface area contributed by atoms with E-state index in [9.17, 15) is 13.2 Å². The number of anilines is 1. The fraction of sp³-hybridized carbons (Fsp3) is 0.571. The monoisotopic (exact) mass is 347 g/mol. The molecule has 2 aromatic heterocycles. The fourth-order valence-corrected chi connectivity index (χ4v) is 3.24. The maximum atomic E-state index is 12.3. The molecule has 1 fully saturated rings. The summed E-state index contributed by atoms with van der Waals surface area (Å²) in [7, 11) is 0. The molecule has 3 heterocycles. The molecule has 23 heavy (non-hydrogen) atoms. The predicted molar refractivity (Wildman–Crippen MR) is 82.0 cm³/mol. The molecule has 0 unspecified atom stereocenters. The molecule has 1 N–H and O–H groups in total. The zero-order valence-electron chi connectivity index (χ0n) is 12.6. The molecule has 0 radical (unpaired) electrons. The third kappa shape index (κ3) is 3.53. The number of aryl methyl sites for hydroxylation is 1. The van der Waals surface area contributed by atoms with Gasteiger partial charge >= 0.3 is 6.18 Å². The van der Waals surface area contributed by atoms with Crippen molar-refractivity contribution in [2.75, 3.05) is 24.5 Å². The van der Waals surface area contributed by atoms with Crippen molar-refractivity contribution in [2.45, 2.75) is 32.0 Å². The second-order valence-corrected chi connectivity index (χ2v) is 6.14. The van der Waals surface area contributed by atoms with Crippen LogP contribution in [0.1, 0.15) is 18.4 Å². The first-order valence-corrected chi connectivity index (χ1v) is 7.77. The van der Waals surface area contributed by atoms with Crippen molar-refractivity contribution in [3.8, 4) is 0 Å². The minimum absolute atomic E-state index is 0.123. The van der Waals surface area contributed by atoms with E-state index in [1.54, 1.807) is 4.52 Å². The second kappa shape index (κ2) is 6.16. The average molecular weight is 348 g/mol. The van der Waals surface area contributed by atoms with Crippen LogP contribution >= 0.6 is 11.6 Å². The summed E-state index contributed by atoms with van der Waals surface area (Å²) < 4.78 is 38.4. The number of halogens is 4. The lowest BCUT2D eigenvalue weighted by Crippen LogP contribution is -2.45. The molecule has 0 aromatic carbocycles. The van der Waals surface area contributed by atoms with E-state index in [1.807, 2.05) is 13.0 Å². The minimum atomic E-state index is -4.17. The van der Waals surface area contributed by atoms with E-state index in [0.717, 1.165) is 16.9 Å². The molecule has 0 spiro atoms. The summed E-state index contributed by atoms with van der Waals surface area (Å²) in [5, 5.41) is 7.23. The van der Waals surface area contributed by atoms with E-state index in [0.29, 0.717) is 31.1 Å². The Bertz CT molecular complexity index is 692. The average Bonchev–Trinajstić information content (AvgIpc) is 2.80. The third-order valence-electron chi connectivity index (χ3n) is 4.07. The van der Waals surface area contributed by atoms with Gasteiger partial charge in [0.05, 0.1) is 6.54 Å². The number of nitrogens with one attached hydrogen (secondary N) is 1. The minimum Gasteiger partial charge on any atom is -0.355 e. The molecule has 0 atom stereocenters. The third-order valence-corrected chi connectivity index (χ3v) is 4.34. The van der Waals surface area contributed by atoms with Gasteiger partial charge in [0.15, 0.2) is 5.82 Å². The highest BCUT2D eigenvalue weighted by Gasteiger charge is 2.30. The van der Waals surface area contributed by atoms with Crippen LogP contribution in [0.5, 0.6) is 0 Å². The summed E-state index contributed by atoms with van der Waals surface area (Å²) >= 11 is 6.13. The molecule has 0 bridgehead atoms. The Hall–Kier alpha value is -1.54. The van der Waals surface area contributed by atoms with E-state index in [2.05, 4.69) is 20.3 Å². The van der Waals surface area contributed by atoms with Gasteiger partial charge in [0.2, 0.25) is 0 Å². The van der Waals surface area contributed by atoms with Crippen molar-refractivity contribution >= 4 is 22.9 Å². The van der Waals surface area contributed by atoms with Gasteiger partial charge in [0.25, 0.3) is 0 Å². The van der Waals surface area contributed by atoms with Gasteiger partial charge in [-0.1, -0.05) is 11.6 Å². The largest absolute Gasteiger partial charge is 0.401 e. The highest BCUT2D eigenvalue weighted by atomic mass is 35.5. The molecule has 1 aliphatic rings. The van der Waals surface area contributed by atoms with Gasteiger partial charge in [-0.25, -0.2) is 9.50 Å². The van der Waals surface area contributed by atoms with Crippen molar-refractivity contribution in [2.24, 2.45) is 0 Å². The Labute approximate surface area is 136 Å². The van der Waals surface area contributed by atoms with Crippen LogP contribution < -0.4 is 10.2 Å². The lowest BCUT2D eigenvalue weighted by molar-refractivity contribution is -0.126. The number of fused-ring (bicyclic) bond motifs is 1. The fourth-order valence-electron chi connectivity index (χ4n) is 2.95. The topological polar surface area (TPSA) is 45.5 Å². The molecule has 0 aliphatic carbocycles. The van der Waals surface area contributed by atoms with Gasteiger partial charge in [0.1, 0.15) is 17.0 Å². The van der Waals surface area contributed by atoms with Crippen molar-refractivity contribution in [1.29, 1.82) is 0 Å². The van der Waals surface area contributed by atoms with Crippen LogP contribution in [0.25, 0.3) is 5.52 Å². The maximum absolute atomic E-state index is 12.3. The summed E-state index contributed by atoms with van der Waals surface area (Å²) in [4.78, 5) is 6.43. The smallest absolute Gasteiger partial charge is 0.355 e. The van der Waals surface area contributed by atoms with Crippen LogP contribution in [-0.4, -0.2) is 46.5 Å². The first-order chi connectivity index (χ1) is 10.8. The maximum Gasteiger partial charge on any atom is 0.401 e. The highest BCUT2D eigenvalue weighted by molar-refractivity contribution is 6.30. The van der Waals surface area contributed by atoms with Gasteiger partial charge in [0, 0.05) is 19.1 Å². The SMILES string of the molecule is Cc1cc(Cl)n2ncnc(N3CCC(NCC(F)(F)F)CC3)c12. The second-order valence-electron chi connectivity index (χ2n) is 5.75. The van der Waals surface area contributed by atoms with Gasteiger partial charge in [-0.05, 0) is 31.4 Å². The number of rotatable bonds is 3. The Balaban J connectivity index is 1.71. The standard InChI is InChI=1S/C14H17ClF3N5/c1-9-6-11(15)23-12(9)13(20-8-21-23)22-4-2-10(3-5-22)19-7-14(16,17)18/h6,8,10,19H,2-5,7H2,1H3. The van der Waals surface area contributed by atoms with Crippen molar-refractivity contribution in [3.05, 3.63) is 23.1 Å². The Morgan fingerprint density at radius 3 is 2.70 bits per heavy atom. The Kier molecular flexibility index (Phi) is 4.37. The summed E-state index contributed by atoms with van der Waals surface area (Å²) in [6, 6.07) is 1.70. The Morgan fingerprint density at radius 1 is 1.35 bits per heavy atom. The van der Waals surface area contributed by atoms with Crippen LogP contribution in [0.15, 0.2) is 12.4 Å². The van der Waals surface area contributed by atoms with Crippen LogP contribution in [0, 0.1) is 6.92 Å². The van der Waals surface area contributed by atoms with Gasteiger partial charge in [-0.3, -0.25) is 0 Å². The molecule has 5 nitrogen and oxygen atoms in total. The zero-order chi connectivity index (χ0) is 16.6. The highest BCUT2D eigenvalue weighted by Crippen LogP contribution is 2.28. The quantitative estimate of drug-likeness (QED) is 0.927. The number of hydrogen-bond acceptors (Lipinski definition) is 4. The van der Waals surface area contributed by atoms with Crippen molar-refractivity contribution in [1.82, 2.24) is 19.9 Å². The first kappa shape index (κ1) is 16.3. The molecule has 2 aromatic rings. The lowest BCUT2D eigenvalue weighted by Gasteiger charge is -2.33. The first-order valence-electron chi connectivity index (χ1n) is 7.39. The van der Waals surface area contributed by atoms with Crippen molar-refractivity contribution in [3.63, 3.8) is 0 Å². The number of hydrogen-bond donors (Lipinski definition) is 1. The van der Waals surface area contributed by atoms with Crippen LogP contribution in [0.2, 0.25) is 5.15 Å². The van der Waals surface area contributed by atoms with E-state index >= 15 is 0 Å². The number of alkyl halides is 3. The zero-order valence-corrected chi connectivity index (χ0v) is 13.3. The summed E-state index contributed by atoms with van der Waals surface area (Å²) in [6.07, 6.45) is -1.45. The van der Waals surface area contributed by atoms with Crippen molar-refractivity contribution < 1.29 is 13.2 Å². The van der Waals surface area contributed by atoms with E-state index in [4.69, 9.17) is 11.6 Å². The molecular weight excluding hydrogens is 331 g/mol. The summed E-state index contributed by atoms with van der Waals surface area (Å²) in [6.45, 7) is 2.28. The van der Waals surface area contributed by atoms with Gasteiger partial charge in [-0.2, -0.15) is 18.3 Å². The molecule has 3 rings (SSSR count). The number of piperidine rings is 1. The van der Waals surface area contributed by atoms with Gasteiger partial charge in [-0.15, -0.1) is 0 Å². The van der Waals surface area contributed by atoms with E-state index in [1.165, 1.54) is 6.33 Å². The molecule has 0 amide bonds. The molecule has 126 valence electrons. The van der Waals surface area contributed by atoms with Crippen LogP contribution in [0.3, 0.4) is 0 Å². The molecular formula is C14H17ClF3N5. The molecule has 9 heteroatoms. The lowest BCUT2D eigenvalue weighted by atomic mass is 10.0. The Morgan fingerprint density at radius 2 is 2.04 bits per heavy atom. The normalized spacial score (nSPS) is 17.2. The number of nitrogens with zero attached hydrogens (tertiary/aromatic N) is 4. The van der Waals surface area contributed by atoms with Gasteiger partial charge < -0.3 is 10.2 Å². The predicted octanol–water partition coefficient (Wildman–Crippen LogP) is 2.81. The molecule has 1 saturated heterocycles. The van der Waals surface area contributed by atoms with Crippen LogP contribution in [0.4, 0.5) is 19.0 Å². The van der Waals surface area contributed by atoms with E-state index in [-0.39, 0.29) is 6.04 Å². The molecule has 0 saturated carbocycles. The summed E-state index contributed by atoms with van der Waals surface area (Å²) in [5.74, 6) is 0.777. The van der Waals surface area contributed by atoms with Crippen LogP contribution in [-0.2, 0) is 0 Å². The summed E-state index contributed by atoms with van der Waals surface area (Å²) in [5.41, 5.74) is 1.82.